The van der Waals surface area contributed by atoms with Crippen molar-refractivity contribution in [2.75, 3.05) is 0 Å². The highest BCUT2D eigenvalue weighted by atomic mass is 16.6. The second-order valence-corrected chi connectivity index (χ2v) is 4.19. The lowest BCUT2D eigenvalue weighted by molar-refractivity contribution is -0.385. The first kappa shape index (κ1) is 14.3. The first-order chi connectivity index (χ1) is 10.1. The summed E-state index contributed by atoms with van der Waals surface area (Å²) in [6.45, 7) is 1.53. The van der Waals surface area contributed by atoms with Crippen LogP contribution in [0.2, 0.25) is 0 Å². The van der Waals surface area contributed by atoms with Gasteiger partial charge in [-0.1, -0.05) is 12.1 Å². The lowest BCUT2D eigenvalue weighted by atomic mass is 10.1. The predicted octanol–water partition coefficient (Wildman–Crippen LogP) is 2.06. The number of hydrogen-bond donors (Lipinski definition) is 1. The van der Waals surface area contributed by atoms with Crippen LogP contribution in [0.25, 0.3) is 0 Å². The van der Waals surface area contributed by atoms with Crippen molar-refractivity contribution in [1.29, 1.82) is 0 Å². The minimum Gasteiger partial charge on any atom is -0.267 e. The Bertz CT molecular complexity index is 699. The summed E-state index contributed by atoms with van der Waals surface area (Å²) in [7, 11) is 0. The van der Waals surface area contributed by atoms with Crippen molar-refractivity contribution in [2.45, 2.75) is 6.92 Å². The van der Waals surface area contributed by atoms with E-state index in [0.717, 1.165) is 5.56 Å². The zero-order valence-corrected chi connectivity index (χ0v) is 11.2. The lowest BCUT2D eigenvalue weighted by Crippen LogP contribution is -2.19. The molecule has 2 rings (SSSR count). The molecule has 106 valence electrons. The molecule has 0 radical (unpaired) electrons. The molecule has 0 spiro atoms. The van der Waals surface area contributed by atoms with Crippen molar-refractivity contribution in [2.24, 2.45) is 5.10 Å². The summed E-state index contributed by atoms with van der Waals surface area (Å²) >= 11 is 0. The monoisotopic (exact) mass is 284 g/mol. The van der Waals surface area contributed by atoms with Crippen LogP contribution in [0, 0.1) is 17.0 Å². The molecule has 0 fully saturated rings. The van der Waals surface area contributed by atoms with Gasteiger partial charge in [-0.25, -0.2) is 5.43 Å². The van der Waals surface area contributed by atoms with E-state index < -0.39 is 10.8 Å². The van der Waals surface area contributed by atoms with Crippen molar-refractivity contribution in [1.82, 2.24) is 10.4 Å². The highest BCUT2D eigenvalue weighted by molar-refractivity contribution is 5.97. The van der Waals surface area contributed by atoms with Crippen LogP contribution < -0.4 is 5.43 Å². The second kappa shape index (κ2) is 6.38. The summed E-state index contributed by atoms with van der Waals surface area (Å²) < 4.78 is 0. The highest BCUT2D eigenvalue weighted by Crippen LogP contribution is 2.20. The van der Waals surface area contributed by atoms with E-state index in [9.17, 15) is 14.9 Å². The third-order valence-corrected chi connectivity index (χ3v) is 2.81. The number of amides is 1. The predicted molar refractivity (Wildman–Crippen MR) is 77.1 cm³/mol. The van der Waals surface area contributed by atoms with Crippen molar-refractivity contribution >= 4 is 17.8 Å². The standard InChI is InChI=1S/C14H12N4O3/c1-10-12(5-2-6-13(10)18(20)21)14(19)17-16-9-11-4-3-7-15-8-11/h2-9H,1H3,(H,17,19)/b16-9-. The molecule has 1 amide bonds. The smallest absolute Gasteiger partial charge is 0.267 e. The topological polar surface area (TPSA) is 97.5 Å². The van der Waals surface area contributed by atoms with Gasteiger partial charge < -0.3 is 0 Å². The Morgan fingerprint density at radius 2 is 2.19 bits per heavy atom. The van der Waals surface area contributed by atoms with Crippen molar-refractivity contribution in [3.63, 3.8) is 0 Å². The maximum atomic E-state index is 12.0. The van der Waals surface area contributed by atoms with Gasteiger partial charge in [0.05, 0.1) is 16.7 Å². The molecular weight excluding hydrogens is 272 g/mol. The minimum absolute atomic E-state index is 0.0983. The number of nitro groups is 1. The Kier molecular flexibility index (Phi) is 4.35. The van der Waals surface area contributed by atoms with Gasteiger partial charge >= 0.3 is 0 Å². The Labute approximate surface area is 120 Å². The van der Waals surface area contributed by atoms with Gasteiger partial charge in [0.15, 0.2) is 0 Å². The normalized spacial score (nSPS) is 10.5. The first-order valence-electron chi connectivity index (χ1n) is 6.07. The largest absolute Gasteiger partial charge is 0.273 e. The molecule has 1 aromatic carbocycles. The molecule has 0 aliphatic carbocycles. The van der Waals surface area contributed by atoms with Crippen LogP contribution >= 0.6 is 0 Å². The zero-order valence-electron chi connectivity index (χ0n) is 11.2. The molecule has 0 atom stereocenters. The fraction of sp³-hybridized carbons (Fsp3) is 0.0714. The molecule has 21 heavy (non-hydrogen) atoms. The van der Waals surface area contributed by atoms with Crippen LogP contribution in [-0.4, -0.2) is 22.0 Å². The summed E-state index contributed by atoms with van der Waals surface area (Å²) in [6.07, 6.45) is 4.66. The molecule has 0 saturated heterocycles. The molecule has 7 heteroatoms. The van der Waals surface area contributed by atoms with E-state index in [1.54, 1.807) is 24.5 Å². The van der Waals surface area contributed by atoms with E-state index >= 15 is 0 Å². The van der Waals surface area contributed by atoms with E-state index in [2.05, 4.69) is 15.5 Å². The van der Waals surface area contributed by atoms with E-state index in [1.807, 2.05) is 0 Å². The molecule has 1 aromatic heterocycles. The van der Waals surface area contributed by atoms with Gasteiger partial charge in [0.2, 0.25) is 0 Å². The third kappa shape index (κ3) is 3.47. The summed E-state index contributed by atoms with van der Waals surface area (Å²) in [5, 5.41) is 14.6. The van der Waals surface area contributed by atoms with Crippen LogP contribution in [0.3, 0.4) is 0 Å². The quantitative estimate of drug-likeness (QED) is 0.528. The van der Waals surface area contributed by atoms with Crippen LogP contribution in [-0.2, 0) is 0 Å². The van der Waals surface area contributed by atoms with Gasteiger partial charge in [0, 0.05) is 29.6 Å². The van der Waals surface area contributed by atoms with Gasteiger partial charge in [0.25, 0.3) is 11.6 Å². The molecule has 7 nitrogen and oxygen atoms in total. The minimum atomic E-state index is -0.523. The number of nitro benzene ring substituents is 1. The van der Waals surface area contributed by atoms with Crippen LogP contribution in [0.1, 0.15) is 21.5 Å². The molecule has 0 aliphatic heterocycles. The molecule has 1 heterocycles. The average Bonchev–Trinajstić information content (AvgIpc) is 2.48. The maximum absolute atomic E-state index is 12.0. The Hall–Kier alpha value is -3.09. The van der Waals surface area contributed by atoms with Gasteiger partial charge in [-0.3, -0.25) is 19.9 Å². The molecular formula is C14H12N4O3. The average molecular weight is 284 g/mol. The van der Waals surface area contributed by atoms with E-state index in [1.165, 1.54) is 31.3 Å². The Balaban J connectivity index is 2.13. The molecule has 0 unspecified atom stereocenters. The molecule has 1 N–H and O–H groups in total. The second-order valence-electron chi connectivity index (χ2n) is 4.19. The summed E-state index contributed by atoms with van der Waals surface area (Å²) in [5.74, 6) is -0.503. The fourth-order valence-corrected chi connectivity index (χ4v) is 1.75. The number of aromatic nitrogens is 1. The molecule has 2 aromatic rings. The number of hydrazone groups is 1. The van der Waals surface area contributed by atoms with Crippen LogP contribution in [0.4, 0.5) is 5.69 Å². The number of pyridine rings is 1. The fourth-order valence-electron chi connectivity index (χ4n) is 1.75. The summed E-state index contributed by atoms with van der Waals surface area (Å²) in [6, 6.07) is 7.85. The van der Waals surface area contributed by atoms with Gasteiger partial charge in [-0.05, 0) is 19.1 Å². The van der Waals surface area contributed by atoms with Crippen molar-refractivity contribution in [3.8, 4) is 0 Å². The summed E-state index contributed by atoms with van der Waals surface area (Å²) in [4.78, 5) is 26.2. The Morgan fingerprint density at radius 3 is 2.86 bits per heavy atom. The van der Waals surface area contributed by atoms with Crippen molar-refractivity contribution in [3.05, 3.63) is 69.5 Å². The SMILES string of the molecule is Cc1c(C(=O)N/N=C\c2cccnc2)cccc1[N+](=O)[O-]. The van der Waals surface area contributed by atoms with Crippen LogP contribution in [0.5, 0.6) is 0 Å². The van der Waals surface area contributed by atoms with E-state index in [4.69, 9.17) is 0 Å². The Morgan fingerprint density at radius 1 is 1.38 bits per heavy atom. The van der Waals surface area contributed by atoms with Gasteiger partial charge in [0.1, 0.15) is 0 Å². The number of hydrogen-bond acceptors (Lipinski definition) is 5. The number of rotatable bonds is 4. The first-order valence-corrected chi connectivity index (χ1v) is 6.07. The van der Waals surface area contributed by atoms with Gasteiger partial charge in [-0.15, -0.1) is 0 Å². The highest BCUT2D eigenvalue weighted by Gasteiger charge is 2.17. The van der Waals surface area contributed by atoms with Crippen molar-refractivity contribution < 1.29 is 9.72 Å². The van der Waals surface area contributed by atoms with Crippen LogP contribution in [0.15, 0.2) is 47.8 Å². The number of carbonyl (C=O) groups excluding carboxylic acids is 1. The zero-order chi connectivity index (χ0) is 15.2. The van der Waals surface area contributed by atoms with Gasteiger partial charge in [-0.2, -0.15) is 5.10 Å². The maximum Gasteiger partial charge on any atom is 0.273 e. The number of nitrogens with zero attached hydrogens (tertiary/aromatic N) is 3. The number of carbonyl (C=O) groups is 1. The lowest BCUT2D eigenvalue weighted by Gasteiger charge is -2.04. The molecule has 0 bridgehead atoms. The number of benzene rings is 1. The summed E-state index contributed by atoms with van der Waals surface area (Å²) in [5.41, 5.74) is 3.48. The van der Waals surface area contributed by atoms with E-state index in [-0.39, 0.29) is 11.3 Å². The molecule has 0 saturated carbocycles. The number of nitrogens with one attached hydrogen (secondary N) is 1. The third-order valence-electron chi connectivity index (χ3n) is 2.81. The van der Waals surface area contributed by atoms with E-state index in [0.29, 0.717) is 5.56 Å². The molecule has 0 aliphatic rings.